The van der Waals surface area contributed by atoms with Crippen LogP contribution >= 0.6 is 34.8 Å². The Bertz CT molecular complexity index is 1000. The highest BCUT2D eigenvalue weighted by Crippen LogP contribution is 2.34. The van der Waals surface area contributed by atoms with Crippen LogP contribution in [0.15, 0.2) is 42.6 Å². The average Bonchev–Trinajstić information content (AvgIpc) is 2.65. The molecule has 1 amide bonds. The number of anilines is 2. The van der Waals surface area contributed by atoms with Crippen LogP contribution in [0.5, 0.6) is 0 Å². The molecule has 0 saturated heterocycles. The molecule has 27 heavy (non-hydrogen) atoms. The summed E-state index contributed by atoms with van der Waals surface area (Å²) < 4.78 is 0. The summed E-state index contributed by atoms with van der Waals surface area (Å²) in [7, 11) is 0. The number of carbonyl (C=O) groups is 1. The van der Waals surface area contributed by atoms with Crippen molar-refractivity contribution in [3.63, 3.8) is 0 Å². The fourth-order valence-corrected chi connectivity index (χ4v) is 3.65. The Labute approximate surface area is 173 Å². The van der Waals surface area contributed by atoms with Crippen molar-refractivity contribution in [2.24, 2.45) is 0 Å². The van der Waals surface area contributed by atoms with Crippen LogP contribution in [0.4, 0.5) is 11.5 Å². The van der Waals surface area contributed by atoms with Gasteiger partial charge in [-0.25, -0.2) is 4.98 Å². The molecule has 0 spiro atoms. The van der Waals surface area contributed by atoms with E-state index in [1.165, 1.54) is 0 Å². The molecule has 0 bridgehead atoms. The van der Waals surface area contributed by atoms with Gasteiger partial charge in [-0.1, -0.05) is 46.9 Å². The van der Waals surface area contributed by atoms with Gasteiger partial charge in [0.1, 0.15) is 5.82 Å². The van der Waals surface area contributed by atoms with E-state index in [1.807, 2.05) is 26.0 Å². The molecule has 0 aliphatic carbocycles. The highest BCUT2D eigenvalue weighted by Gasteiger charge is 2.20. The summed E-state index contributed by atoms with van der Waals surface area (Å²) in [6, 6.07) is 10.6. The van der Waals surface area contributed by atoms with E-state index in [-0.39, 0.29) is 5.91 Å². The molecule has 3 rings (SSSR count). The van der Waals surface area contributed by atoms with E-state index in [9.17, 15) is 4.79 Å². The SMILES string of the molecule is CCN(CC)C(=O)c1cnc(Nc2ccc(Cl)cc2Cl)c2cccc(Cl)c12. The van der Waals surface area contributed by atoms with Gasteiger partial charge in [0.25, 0.3) is 5.91 Å². The van der Waals surface area contributed by atoms with E-state index < -0.39 is 0 Å². The van der Waals surface area contributed by atoms with Crippen molar-refractivity contribution in [2.45, 2.75) is 13.8 Å². The zero-order chi connectivity index (χ0) is 19.6. The van der Waals surface area contributed by atoms with Crippen LogP contribution in [0.3, 0.4) is 0 Å². The summed E-state index contributed by atoms with van der Waals surface area (Å²) in [5, 5.41) is 6.13. The summed E-state index contributed by atoms with van der Waals surface area (Å²) >= 11 is 18.7. The minimum atomic E-state index is -0.0957. The lowest BCUT2D eigenvalue weighted by Gasteiger charge is -2.20. The zero-order valence-electron chi connectivity index (χ0n) is 14.9. The molecule has 140 valence electrons. The number of nitrogens with zero attached hydrogens (tertiary/aromatic N) is 2. The monoisotopic (exact) mass is 421 g/mol. The van der Waals surface area contributed by atoms with Crippen molar-refractivity contribution in [3.8, 4) is 0 Å². The first-order valence-electron chi connectivity index (χ1n) is 8.54. The number of carbonyl (C=O) groups excluding carboxylic acids is 1. The molecule has 1 heterocycles. The number of aromatic nitrogens is 1. The fraction of sp³-hybridized carbons (Fsp3) is 0.200. The van der Waals surface area contributed by atoms with Gasteiger partial charge in [-0.05, 0) is 38.1 Å². The maximum absolute atomic E-state index is 12.9. The number of rotatable bonds is 5. The smallest absolute Gasteiger partial charge is 0.256 e. The number of halogens is 3. The first-order valence-corrected chi connectivity index (χ1v) is 9.68. The number of hydrogen-bond donors (Lipinski definition) is 1. The van der Waals surface area contributed by atoms with Crippen LogP contribution < -0.4 is 5.32 Å². The molecule has 0 radical (unpaired) electrons. The summed E-state index contributed by atoms with van der Waals surface area (Å²) in [6.07, 6.45) is 1.56. The van der Waals surface area contributed by atoms with E-state index in [0.717, 1.165) is 5.39 Å². The van der Waals surface area contributed by atoms with Crippen LogP contribution in [-0.2, 0) is 0 Å². The molecule has 3 aromatic rings. The quantitative estimate of drug-likeness (QED) is 0.516. The number of pyridine rings is 1. The zero-order valence-corrected chi connectivity index (χ0v) is 17.2. The van der Waals surface area contributed by atoms with E-state index in [0.29, 0.717) is 50.6 Å². The maximum atomic E-state index is 12.9. The van der Waals surface area contributed by atoms with E-state index >= 15 is 0 Å². The highest BCUT2D eigenvalue weighted by molar-refractivity contribution is 6.38. The van der Waals surface area contributed by atoms with E-state index in [1.54, 1.807) is 35.4 Å². The summed E-state index contributed by atoms with van der Waals surface area (Å²) in [6.45, 7) is 5.11. The summed E-state index contributed by atoms with van der Waals surface area (Å²) in [4.78, 5) is 19.1. The molecule has 0 aliphatic heterocycles. The predicted molar refractivity (Wildman–Crippen MR) is 114 cm³/mol. The second-order valence-corrected chi connectivity index (χ2v) is 7.16. The van der Waals surface area contributed by atoms with Crippen molar-refractivity contribution in [1.29, 1.82) is 0 Å². The van der Waals surface area contributed by atoms with Gasteiger partial charge in [-0.3, -0.25) is 4.79 Å². The lowest BCUT2D eigenvalue weighted by molar-refractivity contribution is 0.0774. The number of benzene rings is 2. The van der Waals surface area contributed by atoms with Crippen molar-refractivity contribution in [3.05, 3.63) is 63.2 Å². The Hall–Kier alpha value is -2.01. The van der Waals surface area contributed by atoms with Crippen LogP contribution in [0, 0.1) is 0 Å². The van der Waals surface area contributed by atoms with Crippen molar-refractivity contribution < 1.29 is 4.79 Å². The second kappa shape index (κ2) is 8.34. The van der Waals surface area contributed by atoms with Gasteiger partial charge in [0, 0.05) is 40.1 Å². The third kappa shape index (κ3) is 3.98. The molecule has 1 aromatic heterocycles. The first-order chi connectivity index (χ1) is 13.0. The predicted octanol–water partition coefficient (Wildman–Crippen LogP) is 6.42. The Morgan fingerprint density at radius 3 is 2.48 bits per heavy atom. The molecule has 1 N–H and O–H groups in total. The minimum Gasteiger partial charge on any atom is -0.339 e. The molecular formula is C20H18Cl3N3O. The number of fused-ring (bicyclic) bond motifs is 1. The van der Waals surface area contributed by atoms with Gasteiger partial charge in [0.2, 0.25) is 0 Å². The standard InChI is InChI=1S/C20H18Cl3N3O/c1-3-26(4-2)20(27)14-11-24-19(13-6-5-7-15(22)18(13)14)25-17-9-8-12(21)10-16(17)23/h5-11H,3-4H2,1-2H3,(H,24,25). The largest absolute Gasteiger partial charge is 0.339 e. The van der Waals surface area contributed by atoms with Gasteiger partial charge in [0.05, 0.1) is 16.3 Å². The molecular weight excluding hydrogens is 405 g/mol. The first kappa shape index (κ1) is 19.7. The van der Waals surface area contributed by atoms with Crippen molar-refractivity contribution in [2.75, 3.05) is 18.4 Å². The van der Waals surface area contributed by atoms with Crippen LogP contribution in [0.1, 0.15) is 24.2 Å². The Balaban J connectivity index is 2.13. The fourth-order valence-electron chi connectivity index (χ4n) is 2.92. The molecule has 0 atom stereocenters. The van der Waals surface area contributed by atoms with Crippen molar-refractivity contribution >= 4 is 63.0 Å². The number of amides is 1. The number of hydrogen-bond acceptors (Lipinski definition) is 3. The van der Waals surface area contributed by atoms with Crippen LogP contribution in [-0.4, -0.2) is 28.9 Å². The van der Waals surface area contributed by atoms with Gasteiger partial charge in [0.15, 0.2) is 0 Å². The molecule has 7 heteroatoms. The van der Waals surface area contributed by atoms with Crippen LogP contribution in [0.25, 0.3) is 10.8 Å². The Morgan fingerprint density at radius 1 is 1.07 bits per heavy atom. The maximum Gasteiger partial charge on any atom is 0.256 e. The Morgan fingerprint density at radius 2 is 1.81 bits per heavy atom. The molecule has 4 nitrogen and oxygen atoms in total. The number of nitrogens with one attached hydrogen (secondary N) is 1. The van der Waals surface area contributed by atoms with E-state index in [4.69, 9.17) is 34.8 Å². The van der Waals surface area contributed by atoms with E-state index in [2.05, 4.69) is 10.3 Å². The third-order valence-electron chi connectivity index (χ3n) is 4.33. The second-order valence-electron chi connectivity index (χ2n) is 5.91. The van der Waals surface area contributed by atoms with Gasteiger partial charge in [-0.2, -0.15) is 0 Å². The molecule has 0 saturated carbocycles. The minimum absolute atomic E-state index is 0.0957. The molecule has 0 unspecified atom stereocenters. The lowest BCUT2D eigenvalue weighted by atomic mass is 10.1. The normalized spacial score (nSPS) is 10.9. The van der Waals surface area contributed by atoms with Gasteiger partial charge < -0.3 is 10.2 Å². The van der Waals surface area contributed by atoms with Gasteiger partial charge >= 0.3 is 0 Å². The highest BCUT2D eigenvalue weighted by atomic mass is 35.5. The summed E-state index contributed by atoms with van der Waals surface area (Å²) in [5.74, 6) is 0.467. The van der Waals surface area contributed by atoms with Crippen LogP contribution in [0.2, 0.25) is 15.1 Å². The third-order valence-corrected chi connectivity index (χ3v) is 5.19. The summed E-state index contributed by atoms with van der Waals surface area (Å²) in [5.41, 5.74) is 1.14. The lowest BCUT2D eigenvalue weighted by Crippen LogP contribution is -2.30. The molecule has 0 aliphatic rings. The topological polar surface area (TPSA) is 45.2 Å². The Kier molecular flexibility index (Phi) is 6.10. The average molecular weight is 423 g/mol. The molecule has 0 fully saturated rings. The molecule has 2 aromatic carbocycles. The van der Waals surface area contributed by atoms with Gasteiger partial charge in [-0.15, -0.1) is 0 Å². The van der Waals surface area contributed by atoms with Crippen molar-refractivity contribution in [1.82, 2.24) is 9.88 Å².